The second-order valence-corrected chi connectivity index (χ2v) is 9.78. The highest BCUT2D eigenvalue weighted by Gasteiger charge is 2.41. The lowest BCUT2D eigenvalue weighted by atomic mass is 10.2. The summed E-state index contributed by atoms with van der Waals surface area (Å²) in [5, 5.41) is 2.08. The number of carbonyl (C=O) groups is 1. The van der Waals surface area contributed by atoms with Gasteiger partial charge in [-0.05, 0) is 19.0 Å². The van der Waals surface area contributed by atoms with E-state index in [-0.39, 0.29) is 12.8 Å². The van der Waals surface area contributed by atoms with Gasteiger partial charge in [-0.15, -0.1) is 0 Å². The van der Waals surface area contributed by atoms with Crippen LogP contribution in [0.15, 0.2) is 24.8 Å². The maximum atomic E-state index is 13.6. The number of likely N-dealkylation sites (N-methyl/N-ethyl adjacent to an activating group) is 1. The molecule has 1 saturated heterocycles. The molecule has 0 aliphatic carbocycles. The van der Waals surface area contributed by atoms with Gasteiger partial charge in [0.1, 0.15) is 6.23 Å². The van der Waals surface area contributed by atoms with Crippen molar-refractivity contribution >= 4 is 29.4 Å². The van der Waals surface area contributed by atoms with Gasteiger partial charge >= 0.3 is 23.5 Å². The number of rotatable bonds is 11. The number of hydrogen-bond acceptors (Lipinski definition) is 9. The molecule has 168 valence electrons. The third-order valence-corrected chi connectivity index (χ3v) is 6.98. The van der Waals surface area contributed by atoms with Gasteiger partial charge in [-0.25, -0.2) is 13.7 Å². The van der Waals surface area contributed by atoms with Gasteiger partial charge < -0.3 is 34.5 Å². The average molecular weight is 484 g/mol. The van der Waals surface area contributed by atoms with Crippen molar-refractivity contribution in [2.45, 2.75) is 25.2 Å². The van der Waals surface area contributed by atoms with Crippen LogP contribution < -0.4 is 5.32 Å². The van der Waals surface area contributed by atoms with Crippen molar-refractivity contribution in [3.8, 4) is 0 Å². The molecule has 1 aliphatic heterocycles. The number of carbonyl (C=O) groups excluding carboxylic acids is 1. The van der Waals surface area contributed by atoms with Crippen molar-refractivity contribution in [1.29, 1.82) is 0 Å². The molecule has 1 fully saturated rings. The molecule has 18 heteroatoms. The number of phosphoric acid groups is 3. The minimum atomic E-state index is -5.61. The Balaban J connectivity index is 2.63. The quantitative estimate of drug-likeness (QED) is 0.204. The van der Waals surface area contributed by atoms with Gasteiger partial charge in [-0.3, -0.25) is 9.32 Å². The Bertz CT molecular complexity index is 785. The number of amides is 1. The van der Waals surface area contributed by atoms with Crippen molar-refractivity contribution in [3.05, 3.63) is 24.8 Å². The molecular weight excluding hydrogens is 464 g/mol. The summed E-state index contributed by atoms with van der Waals surface area (Å²) < 4.78 is 64.1. The first-order valence-electron chi connectivity index (χ1n) is 7.61. The fraction of sp³-hybridized carbons (Fsp3) is 0.545. The molecule has 0 aromatic heterocycles. The van der Waals surface area contributed by atoms with E-state index in [9.17, 15) is 27.8 Å². The molecule has 0 aromatic carbocycles. The third kappa shape index (κ3) is 9.60. The van der Waals surface area contributed by atoms with Gasteiger partial charge in [0.25, 0.3) is 5.91 Å². The Kier molecular flexibility index (Phi) is 9.34. The van der Waals surface area contributed by atoms with Crippen LogP contribution in [0.1, 0.15) is 12.8 Å². The SMILES string of the molecule is C=CN(/C=C(/F)C(=O)NC)[C@H]1CC[C@@H](COP(=O)(O)OP(=O)(O)OP(=O)(O)O)O1. The molecule has 0 saturated carbocycles. The summed E-state index contributed by atoms with van der Waals surface area (Å²) in [6.45, 7) is 2.82. The number of nitrogens with one attached hydrogen (secondary N) is 1. The summed E-state index contributed by atoms with van der Waals surface area (Å²) in [4.78, 5) is 47.7. The second kappa shape index (κ2) is 10.4. The molecule has 1 heterocycles. The molecule has 1 amide bonds. The molecule has 0 radical (unpaired) electrons. The van der Waals surface area contributed by atoms with Gasteiger partial charge in [0.15, 0.2) is 0 Å². The lowest BCUT2D eigenvalue weighted by Gasteiger charge is -2.24. The van der Waals surface area contributed by atoms with Crippen LogP contribution in [-0.4, -0.2) is 56.4 Å². The van der Waals surface area contributed by atoms with E-state index >= 15 is 0 Å². The molecule has 4 atom stereocenters. The summed E-state index contributed by atoms with van der Waals surface area (Å²) >= 11 is 0. The Morgan fingerprint density at radius 2 is 1.86 bits per heavy atom. The number of phosphoric ester groups is 1. The minimum Gasteiger partial charge on any atom is -0.353 e. The molecule has 14 nitrogen and oxygen atoms in total. The maximum Gasteiger partial charge on any atom is 0.490 e. The number of hydrogen-bond donors (Lipinski definition) is 5. The zero-order valence-electron chi connectivity index (χ0n) is 14.9. The average Bonchev–Trinajstić information content (AvgIpc) is 3.02. The topological polar surface area (TPSA) is 201 Å². The van der Waals surface area contributed by atoms with E-state index in [4.69, 9.17) is 19.4 Å². The van der Waals surface area contributed by atoms with E-state index in [2.05, 4.69) is 25.0 Å². The van der Waals surface area contributed by atoms with Crippen molar-refractivity contribution < 1.29 is 60.3 Å². The smallest absolute Gasteiger partial charge is 0.353 e. The van der Waals surface area contributed by atoms with Crippen molar-refractivity contribution in [2.24, 2.45) is 0 Å². The van der Waals surface area contributed by atoms with Gasteiger partial charge in [0, 0.05) is 13.2 Å². The van der Waals surface area contributed by atoms with E-state index in [0.29, 0.717) is 0 Å². The lowest BCUT2D eigenvalue weighted by Crippen LogP contribution is -2.29. The first-order chi connectivity index (χ1) is 13.2. The fourth-order valence-electron chi connectivity index (χ4n) is 2.07. The Morgan fingerprint density at radius 3 is 2.38 bits per heavy atom. The molecule has 2 unspecified atom stereocenters. The van der Waals surface area contributed by atoms with E-state index in [1.54, 1.807) is 0 Å². The summed E-state index contributed by atoms with van der Waals surface area (Å²) in [5.41, 5.74) is 0. The second-order valence-electron chi connectivity index (χ2n) is 5.36. The summed E-state index contributed by atoms with van der Waals surface area (Å²) in [6.07, 6.45) is 0.883. The first kappa shape index (κ1) is 26.1. The fourth-order valence-corrected chi connectivity index (χ4v) is 5.12. The van der Waals surface area contributed by atoms with Crippen LogP contribution in [0.4, 0.5) is 4.39 Å². The van der Waals surface area contributed by atoms with Crippen LogP contribution in [0.3, 0.4) is 0 Å². The van der Waals surface area contributed by atoms with Crippen LogP contribution in [0.2, 0.25) is 0 Å². The highest BCUT2D eigenvalue weighted by molar-refractivity contribution is 7.66. The van der Waals surface area contributed by atoms with E-state index in [1.807, 2.05) is 0 Å². The Hall–Kier alpha value is -0.950. The predicted molar refractivity (Wildman–Crippen MR) is 93.0 cm³/mol. The normalized spacial score (nSPS) is 24.4. The van der Waals surface area contributed by atoms with Crippen molar-refractivity contribution in [1.82, 2.24) is 10.2 Å². The summed E-state index contributed by atoms with van der Waals surface area (Å²) in [5.74, 6) is -2.09. The van der Waals surface area contributed by atoms with E-state index < -0.39 is 54.1 Å². The van der Waals surface area contributed by atoms with Crippen LogP contribution in [0, 0.1) is 0 Å². The van der Waals surface area contributed by atoms with Crippen LogP contribution in [0.5, 0.6) is 0 Å². The number of ether oxygens (including phenoxy) is 1. The van der Waals surface area contributed by atoms with Crippen LogP contribution >= 0.6 is 23.5 Å². The summed E-state index contributed by atoms with van der Waals surface area (Å²) in [7, 11) is -15.1. The Labute approximate surface area is 164 Å². The molecule has 1 aliphatic rings. The molecule has 1 rings (SSSR count). The highest BCUT2D eigenvalue weighted by Crippen LogP contribution is 2.66. The zero-order valence-corrected chi connectivity index (χ0v) is 17.5. The van der Waals surface area contributed by atoms with Crippen molar-refractivity contribution in [3.63, 3.8) is 0 Å². The van der Waals surface area contributed by atoms with E-state index in [1.165, 1.54) is 13.2 Å². The molecule has 5 N–H and O–H groups in total. The van der Waals surface area contributed by atoms with Crippen LogP contribution in [-0.2, 0) is 36.4 Å². The van der Waals surface area contributed by atoms with Crippen LogP contribution in [0.25, 0.3) is 0 Å². The first-order valence-corrected chi connectivity index (χ1v) is 12.1. The molecular formula is C11H20FN2O12P3. The van der Waals surface area contributed by atoms with Gasteiger partial charge in [0.05, 0.1) is 12.7 Å². The third-order valence-electron chi connectivity index (χ3n) is 3.17. The van der Waals surface area contributed by atoms with Gasteiger partial charge in [0.2, 0.25) is 5.83 Å². The van der Waals surface area contributed by atoms with Crippen molar-refractivity contribution in [2.75, 3.05) is 13.7 Å². The molecule has 0 bridgehead atoms. The molecule has 29 heavy (non-hydrogen) atoms. The largest absolute Gasteiger partial charge is 0.490 e. The van der Waals surface area contributed by atoms with Gasteiger partial charge in [-0.2, -0.15) is 13.0 Å². The number of halogens is 1. The lowest BCUT2D eigenvalue weighted by molar-refractivity contribution is -0.118. The predicted octanol–water partition coefficient (Wildman–Crippen LogP) is 0.837. The number of nitrogens with zero attached hydrogens (tertiary/aromatic N) is 1. The zero-order chi connectivity index (χ0) is 22.5. The monoisotopic (exact) mass is 484 g/mol. The van der Waals surface area contributed by atoms with Gasteiger partial charge in [-0.1, -0.05) is 6.58 Å². The standard InChI is InChI=1S/C11H20FN2O12P3/c1-3-14(6-9(12)11(15)13-2)10-5-4-8(24-10)7-23-28(19,20)26-29(21,22)25-27(16,17)18/h3,6,8,10H,1,4-5,7H2,2H3,(H,13,15)(H,19,20)(H,21,22)(H2,16,17,18)/b9-6+/t8-,10+/m0/s1. The molecule has 0 spiro atoms. The maximum absolute atomic E-state index is 13.6. The van der Waals surface area contributed by atoms with E-state index in [0.717, 1.165) is 11.1 Å². The highest BCUT2D eigenvalue weighted by atomic mass is 31.3. The molecule has 0 aromatic rings. The summed E-state index contributed by atoms with van der Waals surface area (Å²) in [6, 6.07) is 0. The minimum absolute atomic E-state index is 0.236. The Morgan fingerprint density at radius 1 is 1.24 bits per heavy atom.